The van der Waals surface area contributed by atoms with Gasteiger partial charge in [0.15, 0.2) is 0 Å². The van der Waals surface area contributed by atoms with E-state index in [0.717, 1.165) is 63.2 Å². The Morgan fingerprint density at radius 2 is 1.94 bits per heavy atom. The second kappa shape index (κ2) is 10.2. The molecule has 32 heavy (non-hydrogen) atoms. The van der Waals surface area contributed by atoms with Crippen LogP contribution >= 0.6 is 0 Å². The largest absolute Gasteiger partial charge is 0.497 e. The van der Waals surface area contributed by atoms with Gasteiger partial charge in [-0.3, -0.25) is 14.3 Å². The van der Waals surface area contributed by atoms with Gasteiger partial charge in [-0.1, -0.05) is 0 Å². The monoisotopic (exact) mass is 440 g/mol. The first-order valence-corrected chi connectivity index (χ1v) is 11.4. The lowest BCUT2D eigenvalue weighted by atomic mass is 9.91. The van der Waals surface area contributed by atoms with Crippen molar-refractivity contribution in [3.63, 3.8) is 0 Å². The first kappa shape index (κ1) is 22.3. The quantitative estimate of drug-likeness (QED) is 0.715. The van der Waals surface area contributed by atoms with Gasteiger partial charge in [0, 0.05) is 38.6 Å². The standard InChI is InChI=1S/C24H32N4O4/c1-27-16-21(24(30)25-18-5-7-19(31-2)8-6-18)22(26-27)14-17-9-11-28(12-10-17)23(29)15-20-4-3-13-32-20/h5-8,16-17,20H,3-4,9-15H2,1-2H3,(H,25,30)/t20-/m0/s1. The molecule has 8 heteroatoms. The van der Waals surface area contributed by atoms with Crippen LogP contribution in [0.5, 0.6) is 5.75 Å². The van der Waals surface area contributed by atoms with E-state index in [1.54, 1.807) is 18.0 Å². The van der Waals surface area contributed by atoms with Crippen LogP contribution in [0, 0.1) is 5.92 Å². The third-order valence-corrected chi connectivity index (χ3v) is 6.37. The molecule has 0 bridgehead atoms. The number of amides is 2. The number of likely N-dealkylation sites (tertiary alicyclic amines) is 1. The number of aryl methyl sites for hydroxylation is 1. The predicted octanol–water partition coefficient (Wildman–Crippen LogP) is 3.03. The molecule has 2 aliphatic heterocycles. The fourth-order valence-corrected chi connectivity index (χ4v) is 4.54. The maximum Gasteiger partial charge on any atom is 0.259 e. The zero-order valence-corrected chi connectivity index (χ0v) is 18.9. The number of nitrogens with one attached hydrogen (secondary N) is 1. The summed E-state index contributed by atoms with van der Waals surface area (Å²) >= 11 is 0. The van der Waals surface area contributed by atoms with Gasteiger partial charge in [-0.2, -0.15) is 5.10 Å². The molecule has 172 valence electrons. The lowest BCUT2D eigenvalue weighted by molar-refractivity contribution is -0.134. The number of carbonyl (C=O) groups is 2. The Morgan fingerprint density at radius 1 is 1.19 bits per heavy atom. The van der Waals surface area contributed by atoms with Crippen LogP contribution in [0.4, 0.5) is 5.69 Å². The van der Waals surface area contributed by atoms with E-state index >= 15 is 0 Å². The second-order valence-corrected chi connectivity index (χ2v) is 8.71. The van der Waals surface area contributed by atoms with Crippen LogP contribution in [-0.2, 0) is 23.0 Å². The fraction of sp³-hybridized carbons (Fsp3) is 0.542. The van der Waals surface area contributed by atoms with Crippen molar-refractivity contribution < 1.29 is 19.1 Å². The summed E-state index contributed by atoms with van der Waals surface area (Å²) in [6, 6.07) is 7.26. The highest BCUT2D eigenvalue weighted by atomic mass is 16.5. The molecule has 0 saturated carbocycles. The smallest absolute Gasteiger partial charge is 0.259 e. The molecular weight excluding hydrogens is 408 g/mol. The Morgan fingerprint density at radius 3 is 2.59 bits per heavy atom. The van der Waals surface area contributed by atoms with E-state index in [2.05, 4.69) is 10.4 Å². The minimum atomic E-state index is -0.164. The summed E-state index contributed by atoms with van der Waals surface area (Å²) in [4.78, 5) is 27.4. The van der Waals surface area contributed by atoms with Crippen molar-refractivity contribution in [2.45, 2.75) is 44.6 Å². The van der Waals surface area contributed by atoms with E-state index in [4.69, 9.17) is 9.47 Å². The zero-order chi connectivity index (χ0) is 22.5. The van der Waals surface area contributed by atoms with Crippen molar-refractivity contribution in [1.82, 2.24) is 14.7 Å². The van der Waals surface area contributed by atoms with Gasteiger partial charge in [-0.15, -0.1) is 0 Å². The minimum Gasteiger partial charge on any atom is -0.497 e. The Hall–Kier alpha value is -2.87. The number of hydrogen-bond acceptors (Lipinski definition) is 5. The van der Waals surface area contributed by atoms with Crippen molar-refractivity contribution in [1.29, 1.82) is 0 Å². The molecule has 0 spiro atoms. The number of hydrogen-bond donors (Lipinski definition) is 1. The van der Waals surface area contributed by atoms with Crippen molar-refractivity contribution in [2.75, 3.05) is 32.1 Å². The number of anilines is 1. The molecule has 3 heterocycles. The van der Waals surface area contributed by atoms with Crippen molar-refractivity contribution >= 4 is 17.5 Å². The molecule has 1 aromatic heterocycles. The van der Waals surface area contributed by atoms with Gasteiger partial charge in [0.1, 0.15) is 5.75 Å². The number of rotatable bonds is 7. The summed E-state index contributed by atoms with van der Waals surface area (Å²) < 4.78 is 12.5. The van der Waals surface area contributed by atoms with Crippen molar-refractivity contribution in [3.05, 3.63) is 41.7 Å². The topological polar surface area (TPSA) is 85.7 Å². The summed E-state index contributed by atoms with van der Waals surface area (Å²) in [5, 5.41) is 7.50. The van der Waals surface area contributed by atoms with Gasteiger partial charge in [0.05, 0.1) is 30.9 Å². The van der Waals surface area contributed by atoms with Gasteiger partial charge in [-0.25, -0.2) is 0 Å². The molecule has 0 radical (unpaired) electrons. The van der Waals surface area contributed by atoms with E-state index in [0.29, 0.717) is 23.6 Å². The molecular formula is C24H32N4O4. The number of benzene rings is 1. The van der Waals surface area contributed by atoms with Gasteiger partial charge in [-0.05, 0) is 62.3 Å². The molecule has 1 atom stereocenters. The highest BCUT2D eigenvalue weighted by Gasteiger charge is 2.28. The van der Waals surface area contributed by atoms with Crippen LogP contribution in [0.2, 0.25) is 0 Å². The maximum absolute atomic E-state index is 12.9. The van der Waals surface area contributed by atoms with Gasteiger partial charge in [0.2, 0.25) is 5.91 Å². The first-order chi connectivity index (χ1) is 15.5. The first-order valence-electron chi connectivity index (χ1n) is 11.4. The lowest BCUT2D eigenvalue weighted by Crippen LogP contribution is -2.40. The molecule has 2 aliphatic rings. The summed E-state index contributed by atoms with van der Waals surface area (Å²) in [7, 11) is 3.44. The van der Waals surface area contributed by atoms with E-state index in [9.17, 15) is 9.59 Å². The zero-order valence-electron chi connectivity index (χ0n) is 18.9. The van der Waals surface area contributed by atoms with Crippen molar-refractivity contribution in [2.24, 2.45) is 13.0 Å². The SMILES string of the molecule is COc1ccc(NC(=O)c2cn(C)nc2CC2CCN(C(=O)C[C@@H]3CCCO3)CC2)cc1. The molecule has 2 aromatic rings. The average Bonchev–Trinajstić information content (AvgIpc) is 3.44. The Bertz CT molecular complexity index is 926. The van der Waals surface area contributed by atoms with E-state index in [1.807, 2.05) is 36.2 Å². The highest BCUT2D eigenvalue weighted by molar-refractivity contribution is 6.05. The van der Waals surface area contributed by atoms with Gasteiger partial charge >= 0.3 is 0 Å². The van der Waals surface area contributed by atoms with E-state index < -0.39 is 0 Å². The molecule has 0 aliphatic carbocycles. The molecule has 4 rings (SSSR count). The van der Waals surface area contributed by atoms with Crippen molar-refractivity contribution in [3.8, 4) is 5.75 Å². The number of ether oxygens (including phenoxy) is 2. The number of nitrogens with zero attached hydrogens (tertiary/aromatic N) is 3. The molecule has 2 fully saturated rings. The third-order valence-electron chi connectivity index (χ3n) is 6.37. The number of aromatic nitrogens is 2. The predicted molar refractivity (Wildman–Crippen MR) is 121 cm³/mol. The molecule has 8 nitrogen and oxygen atoms in total. The summed E-state index contributed by atoms with van der Waals surface area (Å²) in [6.45, 7) is 2.30. The maximum atomic E-state index is 12.9. The van der Waals surface area contributed by atoms with Crippen LogP contribution in [0.25, 0.3) is 0 Å². The molecule has 2 amide bonds. The van der Waals surface area contributed by atoms with Gasteiger partial charge < -0.3 is 19.7 Å². The second-order valence-electron chi connectivity index (χ2n) is 8.71. The van der Waals surface area contributed by atoms with E-state index in [1.165, 1.54) is 0 Å². The normalized spacial score (nSPS) is 19.2. The molecule has 1 N–H and O–H groups in total. The number of carbonyl (C=O) groups excluding carboxylic acids is 2. The molecule has 1 aromatic carbocycles. The molecule has 2 saturated heterocycles. The van der Waals surface area contributed by atoms with E-state index in [-0.39, 0.29) is 17.9 Å². The molecule has 0 unspecified atom stereocenters. The average molecular weight is 441 g/mol. The van der Waals surface area contributed by atoms with Crippen LogP contribution in [0.3, 0.4) is 0 Å². The highest BCUT2D eigenvalue weighted by Crippen LogP contribution is 2.25. The van der Waals surface area contributed by atoms with Crippen LogP contribution in [0.15, 0.2) is 30.5 Å². The number of piperidine rings is 1. The Balaban J connectivity index is 1.32. The third kappa shape index (κ3) is 5.48. The minimum absolute atomic E-state index is 0.0977. The van der Waals surface area contributed by atoms with Crippen LogP contribution in [0.1, 0.15) is 48.2 Å². The Kier molecular flexibility index (Phi) is 7.09. The lowest BCUT2D eigenvalue weighted by Gasteiger charge is -2.32. The fourth-order valence-electron chi connectivity index (χ4n) is 4.54. The van der Waals surface area contributed by atoms with Gasteiger partial charge in [0.25, 0.3) is 5.91 Å². The summed E-state index contributed by atoms with van der Waals surface area (Å²) in [5.74, 6) is 1.19. The summed E-state index contributed by atoms with van der Waals surface area (Å²) in [5.41, 5.74) is 2.12. The van der Waals surface area contributed by atoms with Crippen LogP contribution in [-0.4, -0.2) is 59.4 Å². The Labute approximate surface area is 188 Å². The summed E-state index contributed by atoms with van der Waals surface area (Å²) in [6.07, 6.45) is 7.00. The van der Waals surface area contributed by atoms with Crippen LogP contribution < -0.4 is 10.1 Å². The number of methoxy groups -OCH3 is 1.